The van der Waals surface area contributed by atoms with E-state index in [1.807, 2.05) is 24.3 Å². The highest BCUT2D eigenvalue weighted by Gasteiger charge is 2.28. The van der Waals surface area contributed by atoms with Crippen LogP contribution in [-0.4, -0.2) is 35.0 Å². The molecule has 0 saturated carbocycles. The van der Waals surface area contributed by atoms with Gasteiger partial charge in [0.15, 0.2) is 0 Å². The minimum Gasteiger partial charge on any atom is -0.358 e. The molecule has 5 heteroatoms. The number of H-pyrrole nitrogens is 1. The molecular formula is C22H23BrFN3. The van der Waals surface area contributed by atoms with E-state index < -0.39 is 0 Å². The first-order valence-corrected chi connectivity index (χ1v) is 10.1. The van der Waals surface area contributed by atoms with E-state index >= 15 is 0 Å². The van der Waals surface area contributed by atoms with Crippen LogP contribution >= 0.6 is 15.9 Å². The van der Waals surface area contributed by atoms with Crippen molar-refractivity contribution in [1.82, 2.24) is 14.9 Å². The number of halogens is 2. The van der Waals surface area contributed by atoms with Gasteiger partial charge in [-0.15, -0.1) is 0 Å². The first kappa shape index (κ1) is 18.4. The molecule has 0 radical (unpaired) electrons. The number of aromatic amines is 1. The van der Waals surface area contributed by atoms with Gasteiger partial charge in [-0.1, -0.05) is 6.92 Å². The summed E-state index contributed by atoms with van der Waals surface area (Å²) >= 11 is 3.47. The van der Waals surface area contributed by atoms with Crippen molar-refractivity contribution in [1.29, 1.82) is 0 Å². The molecule has 3 heterocycles. The zero-order valence-corrected chi connectivity index (χ0v) is 17.1. The number of pyridine rings is 1. The predicted octanol–water partition coefficient (Wildman–Crippen LogP) is 5.70. The molecule has 2 aromatic heterocycles. The van der Waals surface area contributed by atoms with Gasteiger partial charge >= 0.3 is 0 Å². The summed E-state index contributed by atoms with van der Waals surface area (Å²) in [6, 6.07) is 13.0. The number of aromatic nitrogens is 2. The van der Waals surface area contributed by atoms with Gasteiger partial charge in [-0.25, -0.2) is 9.37 Å². The second kappa shape index (κ2) is 7.56. The minimum atomic E-state index is -0.220. The van der Waals surface area contributed by atoms with Crippen LogP contribution in [0.25, 0.3) is 22.4 Å². The zero-order valence-electron chi connectivity index (χ0n) is 15.5. The number of nitrogens with one attached hydrogen (secondary N) is 1. The van der Waals surface area contributed by atoms with E-state index in [1.54, 1.807) is 6.20 Å². The Kier molecular flexibility index (Phi) is 5.15. The number of rotatable bonds is 3. The second-order valence-corrected chi connectivity index (χ2v) is 8.33. The molecule has 4 rings (SSSR count). The molecule has 1 N–H and O–H groups in total. The summed E-state index contributed by atoms with van der Waals surface area (Å²) in [6.07, 6.45) is 2.94. The van der Waals surface area contributed by atoms with Crippen LogP contribution < -0.4 is 0 Å². The smallest absolute Gasteiger partial charge is 0.123 e. The lowest BCUT2D eigenvalue weighted by atomic mass is 9.84. The lowest BCUT2D eigenvalue weighted by Gasteiger charge is -2.34. The van der Waals surface area contributed by atoms with Crippen LogP contribution in [0.15, 0.2) is 53.3 Å². The minimum absolute atomic E-state index is 0.220. The molecule has 27 heavy (non-hydrogen) atoms. The third-order valence-electron chi connectivity index (χ3n) is 5.52. The molecule has 0 aliphatic carbocycles. The average molecular weight is 428 g/mol. The molecule has 2 atom stereocenters. The van der Waals surface area contributed by atoms with Crippen LogP contribution in [0, 0.1) is 11.7 Å². The van der Waals surface area contributed by atoms with Crippen molar-refractivity contribution in [2.75, 3.05) is 20.1 Å². The Morgan fingerprint density at radius 3 is 2.63 bits per heavy atom. The van der Waals surface area contributed by atoms with Gasteiger partial charge in [0.25, 0.3) is 0 Å². The van der Waals surface area contributed by atoms with Crippen molar-refractivity contribution in [2.24, 2.45) is 5.92 Å². The summed E-state index contributed by atoms with van der Waals surface area (Å²) in [7, 11) is 2.19. The Bertz CT molecular complexity index is 935. The molecule has 3 nitrogen and oxygen atoms in total. The van der Waals surface area contributed by atoms with Gasteiger partial charge in [-0.3, -0.25) is 0 Å². The van der Waals surface area contributed by atoms with Crippen LogP contribution in [0.1, 0.15) is 25.0 Å². The number of likely N-dealkylation sites (tertiary alicyclic amines) is 1. The van der Waals surface area contributed by atoms with E-state index in [0.717, 1.165) is 46.5 Å². The lowest BCUT2D eigenvalue weighted by Crippen LogP contribution is -2.35. The maximum atomic E-state index is 13.4. The Hall–Kier alpha value is -1.98. The van der Waals surface area contributed by atoms with Gasteiger partial charge in [0.1, 0.15) is 10.4 Å². The normalized spacial score (nSPS) is 20.7. The van der Waals surface area contributed by atoms with Crippen molar-refractivity contribution in [3.63, 3.8) is 0 Å². The van der Waals surface area contributed by atoms with Crippen molar-refractivity contribution in [3.8, 4) is 22.4 Å². The Morgan fingerprint density at radius 1 is 1.15 bits per heavy atom. The molecule has 1 aliphatic heterocycles. The summed E-state index contributed by atoms with van der Waals surface area (Å²) in [5.41, 5.74) is 5.52. The van der Waals surface area contributed by atoms with Crippen molar-refractivity contribution >= 4 is 15.9 Å². The fourth-order valence-electron chi connectivity index (χ4n) is 4.13. The van der Waals surface area contributed by atoms with Crippen LogP contribution in [-0.2, 0) is 0 Å². The fourth-order valence-corrected chi connectivity index (χ4v) is 4.50. The van der Waals surface area contributed by atoms with Crippen LogP contribution in [0.4, 0.5) is 4.39 Å². The molecule has 0 spiro atoms. The largest absolute Gasteiger partial charge is 0.358 e. The van der Waals surface area contributed by atoms with E-state index in [-0.39, 0.29) is 5.82 Å². The topological polar surface area (TPSA) is 31.9 Å². The Labute approximate surface area is 167 Å². The maximum absolute atomic E-state index is 13.4. The standard InChI is InChI=1S/C22H23BrFN3/c1-14-13-27(2)10-8-18(14)20-12-19(16-7-9-25-21(23)11-16)22(26-20)15-3-5-17(24)6-4-15/h3-7,9,11-12,14,18,26H,8,10,13H2,1-2H3. The van der Waals surface area contributed by atoms with Gasteiger partial charge < -0.3 is 9.88 Å². The molecule has 1 saturated heterocycles. The number of hydrogen-bond acceptors (Lipinski definition) is 2. The van der Waals surface area contributed by atoms with Gasteiger partial charge in [-0.05, 0) is 95.5 Å². The van der Waals surface area contributed by atoms with Gasteiger partial charge in [-0.2, -0.15) is 0 Å². The predicted molar refractivity (Wildman–Crippen MR) is 111 cm³/mol. The van der Waals surface area contributed by atoms with Gasteiger partial charge in [0, 0.05) is 29.9 Å². The summed E-state index contributed by atoms with van der Waals surface area (Å²) in [4.78, 5) is 10.3. The molecule has 1 fully saturated rings. The average Bonchev–Trinajstić information content (AvgIpc) is 3.07. The third kappa shape index (κ3) is 3.85. The van der Waals surface area contributed by atoms with Crippen LogP contribution in [0.5, 0.6) is 0 Å². The first-order valence-electron chi connectivity index (χ1n) is 9.30. The molecule has 0 amide bonds. The summed E-state index contributed by atoms with van der Waals surface area (Å²) < 4.78 is 14.2. The van der Waals surface area contributed by atoms with Crippen molar-refractivity contribution in [3.05, 3.63) is 64.8 Å². The summed E-state index contributed by atoms with van der Waals surface area (Å²) in [5, 5.41) is 0. The SMILES string of the molecule is CC1CN(C)CCC1c1cc(-c2ccnc(Br)c2)c(-c2ccc(F)cc2)[nH]1. The monoisotopic (exact) mass is 427 g/mol. The Balaban J connectivity index is 1.81. The van der Waals surface area contributed by atoms with Crippen molar-refractivity contribution < 1.29 is 4.39 Å². The highest BCUT2D eigenvalue weighted by molar-refractivity contribution is 9.10. The van der Waals surface area contributed by atoms with E-state index in [9.17, 15) is 4.39 Å². The highest BCUT2D eigenvalue weighted by Crippen LogP contribution is 2.39. The highest BCUT2D eigenvalue weighted by atomic mass is 79.9. The van der Waals surface area contributed by atoms with E-state index in [0.29, 0.717) is 11.8 Å². The van der Waals surface area contributed by atoms with Gasteiger partial charge in [0.2, 0.25) is 0 Å². The van der Waals surface area contributed by atoms with Crippen LogP contribution in [0.2, 0.25) is 0 Å². The summed E-state index contributed by atoms with van der Waals surface area (Å²) in [5.74, 6) is 0.864. The second-order valence-electron chi connectivity index (χ2n) is 7.52. The molecule has 3 aromatic rings. The maximum Gasteiger partial charge on any atom is 0.123 e. The quantitative estimate of drug-likeness (QED) is 0.543. The summed E-state index contributed by atoms with van der Waals surface area (Å²) in [6.45, 7) is 4.53. The molecule has 1 aliphatic rings. The van der Waals surface area contributed by atoms with Crippen LogP contribution in [0.3, 0.4) is 0 Å². The van der Waals surface area contributed by atoms with E-state index in [2.05, 4.69) is 50.8 Å². The number of nitrogens with zero attached hydrogens (tertiary/aromatic N) is 2. The molecule has 1 aromatic carbocycles. The number of piperidine rings is 1. The van der Waals surface area contributed by atoms with E-state index in [4.69, 9.17) is 0 Å². The Morgan fingerprint density at radius 2 is 1.93 bits per heavy atom. The third-order valence-corrected chi connectivity index (χ3v) is 5.95. The first-order chi connectivity index (χ1) is 13.0. The zero-order chi connectivity index (χ0) is 19.0. The molecular weight excluding hydrogens is 405 g/mol. The lowest BCUT2D eigenvalue weighted by molar-refractivity contribution is 0.194. The number of benzene rings is 1. The molecule has 0 bridgehead atoms. The molecule has 2 unspecified atom stereocenters. The van der Waals surface area contributed by atoms with Crippen molar-refractivity contribution in [2.45, 2.75) is 19.3 Å². The van der Waals surface area contributed by atoms with E-state index in [1.165, 1.54) is 17.8 Å². The molecule has 140 valence electrons. The number of hydrogen-bond donors (Lipinski definition) is 1. The van der Waals surface area contributed by atoms with Gasteiger partial charge in [0.05, 0.1) is 5.69 Å². The fraction of sp³-hybridized carbons (Fsp3) is 0.318.